The molecule has 9 heteroatoms. The minimum Gasteiger partial charge on any atom is -0.493 e. The fourth-order valence-corrected chi connectivity index (χ4v) is 4.55. The number of benzene rings is 2. The van der Waals surface area contributed by atoms with Crippen molar-refractivity contribution in [3.05, 3.63) is 48.0 Å². The third kappa shape index (κ3) is 4.42. The fourth-order valence-electron chi connectivity index (χ4n) is 2.55. The Bertz CT molecular complexity index is 1010. The van der Waals surface area contributed by atoms with E-state index in [1.807, 2.05) is 0 Å². The summed E-state index contributed by atoms with van der Waals surface area (Å²) in [7, 11) is -2.73. The number of sulfone groups is 1. The summed E-state index contributed by atoms with van der Waals surface area (Å²) in [5.41, 5.74) is 0.675. The second-order valence-corrected chi connectivity index (χ2v) is 10.1. The standard InChI is InChI=1S/C18H23NO6S2/c1-13(14-6-8-15(9-7-14)26(5,20)21)19(2)27(22,23)16-10-11-17(24-3)18(12-16)25-4/h6-13H,1-5H3. The minimum atomic E-state index is -3.80. The molecule has 2 aromatic rings. The van der Waals surface area contributed by atoms with Crippen LogP contribution in [0, 0.1) is 0 Å². The molecule has 2 aromatic carbocycles. The first kappa shape index (κ1) is 21.2. The maximum absolute atomic E-state index is 13.0. The second kappa shape index (κ2) is 7.87. The maximum atomic E-state index is 13.0. The second-order valence-electron chi connectivity index (χ2n) is 6.06. The lowest BCUT2D eigenvalue weighted by molar-refractivity contribution is 0.353. The lowest BCUT2D eigenvalue weighted by atomic mass is 10.1. The number of sulfonamides is 1. The molecule has 0 fully saturated rings. The Balaban J connectivity index is 2.36. The van der Waals surface area contributed by atoms with Gasteiger partial charge in [0.05, 0.1) is 24.0 Å². The molecule has 27 heavy (non-hydrogen) atoms. The molecular formula is C18H23NO6S2. The van der Waals surface area contributed by atoms with Crippen molar-refractivity contribution >= 4 is 19.9 Å². The lowest BCUT2D eigenvalue weighted by Crippen LogP contribution is -2.29. The van der Waals surface area contributed by atoms with Crippen molar-refractivity contribution in [3.63, 3.8) is 0 Å². The SMILES string of the molecule is COc1ccc(S(=O)(=O)N(C)C(C)c2ccc(S(C)(=O)=O)cc2)cc1OC. The van der Waals surface area contributed by atoms with Crippen LogP contribution in [0.1, 0.15) is 18.5 Å². The average molecular weight is 414 g/mol. The van der Waals surface area contributed by atoms with Gasteiger partial charge in [-0.25, -0.2) is 16.8 Å². The van der Waals surface area contributed by atoms with Gasteiger partial charge in [-0.1, -0.05) is 12.1 Å². The number of ether oxygens (including phenoxy) is 2. The highest BCUT2D eigenvalue weighted by atomic mass is 32.2. The maximum Gasteiger partial charge on any atom is 0.243 e. The molecule has 0 aromatic heterocycles. The molecule has 0 amide bonds. The minimum absolute atomic E-state index is 0.0715. The van der Waals surface area contributed by atoms with Crippen LogP contribution in [0.3, 0.4) is 0 Å². The molecular weight excluding hydrogens is 390 g/mol. The lowest BCUT2D eigenvalue weighted by Gasteiger charge is -2.25. The van der Waals surface area contributed by atoms with E-state index in [1.54, 1.807) is 19.1 Å². The summed E-state index contributed by atoms with van der Waals surface area (Å²) in [4.78, 5) is 0.256. The van der Waals surface area contributed by atoms with Gasteiger partial charge in [0.2, 0.25) is 10.0 Å². The van der Waals surface area contributed by atoms with Crippen LogP contribution in [0.2, 0.25) is 0 Å². The van der Waals surface area contributed by atoms with E-state index in [0.717, 1.165) is 6.26 Å². The molecule has 7 nitrogen and oxygen atoms in total. The molecule has 1 atom stereocenters. The number of hydrogen-bond donors (Lipinski definition) is 0. The highest BCUT2D eigenvalue weighted by Gasteiger charge is 2.27. The van der Waals surface area contributed by atoms with E-state index in [-0.39, 0.29) is 9.79 Å². The molecule has 0 aliphatic heterocycles. The van der Waals surface area contributed by atoms with Gasteiger partial charge in [0, 0.05) is 25.4 Å². The third-order valence-electron chi connectivity index (χ3n) is 4.37. The Hall–Kier alpha value is -2.10. The molecule has 0 saturated carbocycles. The van der Waals surface area contributed by atoms with Crippen molar-refractivity contribution in [1.29, 1.82) is 0 Å². The van der Waals surface area contributed by atoms with Gasteiger partial charge < -0.3 is 9.47 Å². The summed E-state index contributed by atoms with van der Waals surface area (Å²) < 4.78 is 60.6. The Morgan fingerprint density at radius 1 is 0.852 bits per heavy atom. The van der Waals surface area contributed by atoms with Crippen LogP contribution < -0.4 is 9.47 Å². The van der Waals surface area contributed by atoms with Crippen molar-refractivity contribution in [3.8, 4) is 11.5 Å². The summed E-state index contributed by atoms with van der Waals surface area (Å²) in [5.74, 6) is 0.751. The van der Waals surface area contributed by atoms with Gasteiger partial charge in [0.15, 0.2) is 21.3 Å². The predicted octanol–water partition coefficient (Wildman–Crippen LogP) is 2.49. The van der Waals surface area contributed by atoms with Gasteiger partial charge in [0.25, 0.3) is 0 Å². The molecule has 0 N–H and O–H groups in total. The van der Waals surface area contributed by atoms with E-state index in [9.17, 15) is 16.8 Å². The Morgan fingerprint density at radius 3 is 1.85 bits per heavy atom. The van der Waals surface area contributed by atoms with E-state index < -0.39 is 25.9 Å². The van der Waals surface area contributed by atoms with Crippen molar-refractivity contribution in [2.24, 2.45) is 0 Å². The van der Waals surface area contributed by atoms with Gasteiger partial charge >= 0.3 is 0 Å². The normalized spacial score (nSPS) is 13.4. The Morgan fingerprint density at radius 2 is 1.37 bits per heavy atom. The molecule has 0 bridgehead atoms. The molecule has 1 unspecified atom stereocenters. The van der Waals surface area contributed by atoms with Crippen LogP contribution in [0.4, 0.5) is 0 Å². The summed E-state index contributed by atoms with van der Waals surface area (Å²) in [6, 6.07) is 10.1. The molecule has 0 aliphatic rings. The first-order valence-electron chi connectivity index (χ1n) is 8.02. The van der Waals surface area contributed by atoms with E-state index in [4.69, 9.17) is 9.47 Å². The number of methoxy groups -OCH3 is 2. The van der Waals surface area contributed by atoms with Crippen molar-refractivity contribution in [2.45, 2.75) is 22.8 Å². The monoisotopic (exact) mass is 413 g/mol. The van der Waals surface area contributed by atoms with Crippen LogP contribution in [-0.2, 0) is 19.9 Å². The van der Waals surface area contributed by atoms with Crippen LogP contribution in [0.5, 0.6) is 11.5 Å². The zero-order chi connectivity index (χ0) is 20.4. The summed E-state index contributed by atoms with van der Waals surface area (Å²) in [5, 5.41) is 0. The first-order chi connectivity index (χ1) is 12.5. The van der Waals surface area contributed by atoms with Crippen LogP contribution >= 0.6 is 0 Å². The predicted molar refractivity (Wildman–Crippen MR) is 102 cm³/mol. The average Bonchev–Trinajstić information content (AvgIpc) is 2.65. The van der Waals surface area contributed by atoms with Crippen molar-refractivity contribution in [1.82, 2.24) is 4.31 Å². The number of nitrogens with zero attached hydrogens (tertiary/aromatic N) is 1. The molecule has 148 valence electrons. The van der Waals surface area contributed by atoms with Crippen molar-refractivity contribution in [2.75, 3.05) is 27.5 Å². The van der Waals surface area contributed by atoms with Crippen LogP contribution in [-0.4, -0.2) is 48.7 Å². The van der Waals surface area contributed by atoms with Gasteiger partial charge in [-0.2, -0.15) is 4.31 Å². The fraction of sp³-hybridized carbons (Fsp3) is 0.333. The van der Waals surface area contributed by atoms with Gasteiger partial charge in [-0.3, -0.25) is 0 Å². The molecule has 0 spiro atoms. The van der Waals surface area contributed by atoms with E-state index in [2.05, 4.69) is 0 Å². The van der Waals surface area contributed by atoms with E-state index in [0.29, 0.717) is 17.1 Å². The van der Waals surface area contributed by atoms with Gasteiger partial charge in [-0.05, 0) is 36.8 Å². The number of rotatable bonds is 7. The van der Waals surface area contributed by atoms with E-state index >= 15 is 0 Å². The quantitative estimate of drug-likeness (QED) is 0.693. The molecule has 0 saturated heterocycles. The van der Waals surface area contributed by atoms with Crippen LogP contribution in [0.25, 0.3) is 0 Å². The molecule has 2 rings (SSSR count). The van der Waals surface area contributed by atoms with Crippen molar-refractivity contribution < 1.29 is 26.3 Å². The topological polar surface area (TPSA) is 90.0 Å². The summed E-state index contributed by atoms with van der Waals surface area (Å²) in [6.45, 7) is 1.73. The summed E-state index contributed by atoms with van der Waals surface area (Å²) >= 11 is 0. The highest BCUT2D eigenvalue weighted by molar-refractivity contribution is 7.90. The molecule has 0 heterocycles. The Kier molecular flexibility index (Phi) is 6.18. The first-order valence-corrected chi connectivity index (χ1v) is 11.4. The largest absolute Gasteiger partial charge is 0.493 e. The molecule has 0 radical (unpaired) electrons. The zero-order valence-corrected chi connectivity index (χ0v) is 17.5. The smallest absolute Gasteiger partial charge is 0.243 e. The van der Waals surface area contributed by atoms with E-state index in [1.165, 1.54) is 55.9 Å². The number of hydrogen-bond acceptors (Lipinski definition) is 6. The van der Waals surface area contributed by atoms with Gasteiger partial charge in [0.1, 0.15) is 0 Å². The summed E-state index contributed by atoms with van der Waals surface area (Å²) in [6.07, 6.45) is 1.12. The third-order valence-corrected chi connectivity index (χ3v) is 7.42. The Labute approximate surface area is 160 Å². The zero-order valence-electron chi connectivity index (χ0n) is 15.8. The van der Waals surface area contributed by atoms with Crippen LogP contribution in [0.15, 0.2) is 52.3 Å². The molecule has 0 aliphatic carbocycles. The van der Waals surface area contributed by atoms with Gasteiger partial charge in [-0.15, -0.1) is 0 Å². The highest BCUT2D eigenvalue weighted by Crippen LogP contribution is 2.32.